The zero-order chi connectivity index (χ0) is 50.8. The first-order chi connectivity index (χ1) is 34.3. The zero-order valence-electron chi connectivity index (χ0n) is 40.9. The number of nitrogens with two attached hydrogens (primary N) is 2. The fraction of sp³-hybridized carbons (Fsp3) is 0.281. The summed E-state index contributed by atoms with van der Waals surface area (Å²) in [6, 6.07) is 31.7. The molecule has 10 rings (SSSR count). The molecule has 0 bridgehead atoms. The Morgan fingerprint density at radius 2 is 1.03 bits per heavy atom. The van der Waals surface area contributed by atoms with Gasteiger partial charge in [0.05, 0.1) is 34.5 Å². The van der Waals surface area contributed by atoms with Crippen molar-refractivity contribution in [3.8, 4) is 22.5 Å². The molecule has 4 atom stereocenters. The average Bonchev–Trinajstić information content (AvgIpc) is 4.14. The van der Waals surface area contributed by atoms with Gasteiger partial charge in [0.25, 0.3) is 0 Å². The maximum Gasteiger partial charge on any atom is 0.419 e. The van der Waals surface area contributed by atoms with Crippen LogP contribution in [0.15, 0.2) is 122 Å². The maximum absolute atomic E-state index is 15.6. The van der Waals surface area contributed by atoms with E-state index in [4.69, 9.17) is 44.1 Å². The lowest BCUT2D eigenvalue weighted by atomic mass is 9.87. The Kier molecular flexibility index (Phi) is 12.9. The number of Topliss-reactive ketones (excluding diaryl/α,β-unsaturated/α-hetero) is 1. The minimum atomic E-state index is -0.892. The van der Waals surface area contributed by atoms with Gasteiger partial charge in [-0.2, -0.15) is 0 Å². The van der Waals surface area contributed by atoms with Crippen molar-refractivity contribution in [3.05, 3.63) is 176 Å². The molecule has 0 fully saturated rings. The van der Waals surface area contributed by atoms with Gasteiger partial charge in [-0.05, 0) is 148 Å². The van der Waals surface area contributed by atoms with Crippen LogP contribution in [0.1, 0.15) is 110 Å². The molecule has 0 saturated carbocycles. The number of hydrogen-bond donors (Lipinski definition) is 4. The SMILES string of the molecule is CC(C)(C)OC(=O)n1c(-c2ccc(Cl)c3c2C(C(=O)C2NCc4c(Cl)ccc(-c5cc6cc(C(N)Cc7ccccn7)ccc6n5C(=O)OC(C)(C)C)c42)NC3)cc2cc(C(N)Cc3ccccn3)ccc21. The number of benzene rings is 4. The van der Waals surface area contributed by atoms with Crippen LogP contribution in [-0.4, -0.2) is 48.3 Å². The van der Waals surface area contributed by atoms with Crippen LogP contribution in [-0.2, 0) is 40.2 Å². The monoisotopic (exact) mass is 1000 g/mol. The molecule has 0 amide bonds. The molecule has 4 unspecified atom stereocenters. The minimum Gasteiger partial charge on any atom is -0.443 e. The fourth-order valence-electron chi connectivity index (χ4n) is 10.1. The van der Waals surface area contributed by atoms with Gasteiger partial charge in [0.1, 0.15) is 11.2 Å². The van der Waals surface area contributed by atoms with E-state index >= 15 is 4.79 Å². The summed E-state index contributed by atoms with van der Waals surface area (Å²) in [5.41, 5.74) is 21.7. The predicted octanol–water partition coefficient (Wildman–Crippen LogP) is 11.6. The molecule has 0 radical (unpaired) electrons. The topological polar surface area (TPSA) is 181 Å². The van der Waals surface area contributed by atoms with E-state index < -0.39 is 35.5 Å². The normalized spacial score (nSPS) is 16.4. The average molecular weight is 1000 g/mol. The largest absolute Gasteiger partial charge is 0.443 e. The van der Waals surface area contributed by atoms with E-state index in [0.29, 0.717) is 67.6 Å². The van der Waals surface area contributed by atoms with Crippen molar-refractivity contribution in [1.82, 2.24) is 29.7 Å². The fourth-order valence-corrected chi connectivity index (χ4v) is 10.5. The number of ether oxygens (including phenoxy) is 2. The molecular formula is C57H56Cl2N8O5. The highest BCUT2D eigenvalue weighted by molar-refractivity contribution is 6.32. The van der Waals surface area contributed by atoms with Gasteiger partial charge in [-0.15, -0.1) is 0 Å². The molecule has 4 aromatic carbocycles. The lowest BCUT2D eigenvalue weighted by molar-refractivity contribution is -0.123. The zero-order valence-corrected chi connectivity index (χ0v) is 42.4. The highest BCUT2D eigenvalue weighted by atomic mass is 35.5. The number of pyridine rings is 2. The van der Waals surface area contributed by atoms with E-state index in [1.54, 1.807) is 33.7 Å². The number of nitrogens with zero attached hydrogens (tertiary/aromatic N) is 4. The molecule has 15 heteroatoms. The van der Waals surface area contributed by atoms with Crippen molar-refractivity contribution in [2.45, 2.75) is 103 Å². The minimum absolute atomic E-state index is 0.204. The van der Waals surface area contributed by atoms with E-state index in [9.17, 15) is 9.59 Å². The smallest absolute Gasteiger partial charge is 0.419 e. The van der Waals surface area contributed by atoms with Gasteiger partial charge < -0.3 is 20.9 Å². The Morgan fingerprint density at radius 3 is 1.40 bits per heavy atom. The first-order valence-electron chi connectivity index (χ1n) is 24.1. The number of fused-ring (bicyclic) bond motifs is 4. The molecule has 0 saturated heterocycles. The van der Waals surface area contributed by atoms with E-state index in [-0.39, 0.29) is 31.0 Å². The van der Waals surface area contributed by atoms with Gasteiger partial charge >= 0.3 is 12.2 Å². The Labute approximate surface area is 427 Å². The number of carbonyl (C=O) groups excluding carboxylic acids is 3. The number of aromatic nitrogens is 4. The van der Waals surface area contributed by atoms with Gasteiger partial charge in [0.15, 0.2) is 5.78 Å². The number of hydrogen-bond acceptors (Lipinski definition) is 11. The van der Waals surface area contributed by atoms with Crippen molar-refractivity contribution in [1.29, 1.82) is 0 Å². The molecule has 4 aromatic heterocycles. The molecule has 2 aliphatic heterocycles. The quantitative estimate of drug-likeness (QED) is 0.102. The molecule has 0 aliphatic carbocycles. The second kappa shape index (κ2) is 19.0. The highest BCUT2D eigenvalue weighted by Gasteiger charge is 2.42. The van der Waals surface area contributed by atoms with E-state index in [2.05, 4.69) is 20.6 Å². The molecule has 6 heterocycles. The Hall–Kier alpha value is -6.71. The molecule has 13 nitrogen and oxygen atoms in total. The molecule has 6 N–H and O–H groups in total. The summed E-state index contributed by atoms with van der Waals surface area (Å²) in [6.45, 7) is 11.5. The van der Waals surface area contributed by atoms with Crippen LogP contribution in [0, 0.1) is 0 Å². The Bertz CT molecular complexity index is 3210. The second-order valence-corrected chi connectivity index (χ2v) is 21.4. The van der Waals surface area contributed by atoms with Gasteiger partial charge in [0.2, 0.25) is 0 Å². The van der Waals surface area contributed by atoms with Crippen molar-refractivity contribution in [2.75, 3.05) is 0 Å². The van der Waals surface area contributed by atoms with Crippen LogP contribution in [0.3, 0.4) is 0 Å². The third kappa shape index (κ3) is 9.44. The van der Waals surface area contributed by atoms with Crippen LogP contribution >= 0.6 is 23.2 Å². The highest BCUT2D eigenvalue weighted by Crippen LogP contribution is 2.47. The lowest BCUT2D eigenvalue weighted by Crippen LogP contribution is -2.32. The van der Waals surface area contributed by atoms with Crippen molar-refractivity contribution >= 4 is 63.0 Å². The third-order valence-corrected chi connectivity index (χ3v) is 13.9. The van der Waals surface area contributed by atoms with Gasteiger partial charge in [-0.1, -0.05) is 59.6 Å². The summed E-state index contributed by atoms with van der Waals surface area (Å²) in [6.07, 6.45) is 3.37. The van der Waals surface area contributed by atoms with Gasteiger partial charge in [-0.3, -0.25) is 25.4 Å². The number of nitrogens with one attached hydrogen (secondary N) is 2. The first kappa shape index (κ1) is 48.9. The summed E-state index contributed by atoms with van der Waals surface area (Å²) < 4.78 is 15.2. The number of rotatable bonds is 10. The molecule has 0 spiro atoms. The Morgan fingerprint density at radius 1 is 0.611 bits per heavy atom. The van der Waals surface area contributed by atoms with Gasteiger partial charge in [-0.25, -0.2) is 18.7 Å². The summed E-state index contributed by atoms with van der Waals surface area (Å²) in [5.74, 6) is -0.204. The summed E-state index contributed by atoms with van der Waals surface area (Å²) >= 11 is 14.0. The first-order valence-corrected chi connectivity index (χ1v) is 24.8. The van der Waals surface area contributed by atoms with E-state index in [1.165, 1.54) is 0 Å². The van der Waals surface area contributed by atoms with Crippen LogP contribution in [0.25, 0.3) is 44.3 Å². The summed E-state index contributed by atoms with van der Waals surface area (Å²) in [7, 11) is 0. The van der Waals surface area contributed by atoms with Crippen LogP contribution in [0.5, 0.6) is 0 Å². The maximum atomic E-state index is 15.6. The standard InChI is InChI=1S/C57H56Cl2N8O5/c1-56(2,3)71-54(69)66-45-19-13-31(43(60)27-35-11-7-9-21-62-35)23-33(45)25-47(66)37-15-17-41(58)39-29-64-51(49(37)39)53(68)52-50-38(16-18-42(59)40(50)30-65-52)48-26-34-24-32(44(61)28-36-12-8-10-22-63-36)14-20-46(34)67(48)55(70)72-57(4,5)6/h7-26,43-44,51-52,64-65H,27-30,60-61H2,1-6H3. The van der Waals surface area contributed by atoms with Crippen LogP contribution < -0.4 is 22.1 Å². The molecule has 72 heavy (non-hydrogen) atoms. The summed E-state index contributed by atoms with van der Waals surface area (Å²) in [4.78, 5) is 53.4. The third-order valence-electron chi connectivity index (χ3n) is 13.2. The number of carbonyl (C=O) groups is 3. The van der Waals surface area contributed by atoms with Crippen LogP contribution in [0.2, 0.25) is 10.0 Å². The summed E-state index contributed by atoms with van der Waals surface area (Å²) in [5, 5.41) is 9.44. The van der Waals surface area contributed by atoms with E-state index in [0.717, 1.165) is 44.4 Å². The van der Waals surface area contributed by atoms with Gasteiger partial charge in [0, 0.05) is 93.7 Å². The van der Waals surface area contributed by atoms with Crippen LogP contribution in [0.4, 0.5) is 9.59 Å². The number of ketones is 1. The van der Waals surface area contributed by atoms with Crippen molar-refractivity contribution < 1.29 is 23.9 Å². The molecule has 8 aromatic rings. The van der Waals surface area contributed by atoms with Crippen molar-refractivity contribution in [3.63, 3.8) is 0 Å². The Balaban J connectivity index is 1.07. The van der Waals surface area contributed by atoms with Crippen molar-refractivity contribution in [2.24, 2.45) is 11.5 Å². The molecule has 2 aliphatic rings. The molecular weight excluding hydrogens is 948 g/mol. The molecule has 368 valence electrons. The lowest BCUT2D eigenvalue weighted by Gasteiger charge is -2.24. The second-order valence-electron chi connectivity index (χ2n) is 20.6. The number of halogens is 2. The van der Waals surface area contributed by atoms with E-state index in [1.807, 2.05) is 139 Å². The predicted molar refractivity (Wildman–Crippen MR) is 282 cm³/mol.